The molecule has 0 aliphatic carbocycles. The van der Waals surface area contributed by atoms with E-state index in [1.165, 1.54) is 0 Å². The number of hydrogen-bond donors (Lipinski definition) is 0. The molecule has 1 aromatic carbocycles. The van der Waals surface area contributed by atoms with Crippen molar-refractivity contribution in [3.63, 3.8) is 0 Å². The van der Waals surface area contributed by atoms with Crippen molar-refractivity contribution in [3.05, 3.63) is 41.9 Å². The van der Waals surface area contributed by atoms with Crippen LogP contribution in [-0.2, 0) is 6.54 Å². The number of unbranched alkanes of at least 4 members (excludes halogenated alkanes) is 1. The lowest BCUT2D eigenvalue weighted by Gasteiger charge is -2.05. The van der Waals surface area contributed by atoms with Crippen LogP contribution in [0, 0.1) is 0 Å². The molecule has 4 nitrogen and oxygen atoms in total. The normalized spacial score (nSPS) is 11.1. The van der Waals surface area contributed by atoms with Crippen LogP contribution in [0.4, 0.5) is 0 Å². The first-order valence-electron chi connectivity index (χ1n) is 6.73. The fourth-order valence-electron chi connectivity index (χ4n) is 2.21. The second kappa shape index (κ2) is 5.59. The smallest absolute Gasteiger partial charge is 0.225 e. The van der Waals surface area contributed by atoms with Gasteiger partial charge in [-0.25, -0.2) is 9.97 Å². The number of aromatic nitrogens is 4. The molecule has 0 N–H and O–H groups in total. The molecule has 3 aromatic rings. The highest BCUT2D eigenvalue weighted by atomic mass is 35.5. The van der Waals surface area contributed by atoms with Crippen molar-refractivity contribution >= 4 is 22.8 Å². The fraction of sp³-hybridized carbons (Fsp3) is 0.267. The lowest BCUT2D eigenvalue weighted by molar-refractivity contribution is 0.641. The monoisotopic (exact) mass is 286 g/mol. The Morgan fingerprint density at radius 1 is 1.15 bits per heavy atom. The largest absolute Gasteiger partial charge is 0.315 e. The second-order valence-electron chi connectivity index (χ2n) is 4.67. The van der Waals surface area contributed by atoms with Crippen molar-refractivity contribution in [2.24, 2.45) is 0 Å². The number of nitrogens with zero attached hydrogens (tertiary/aromatic N) is 4. The van der Waals surface area contributed by atoms with Crippen molar-refractivity contribution < 1.29 is 0 Å². The highest BCUT2D eigenvalue weighted by molar-refractivity contribution is 6.28. The molecule has 0 unspecified atom stereocenters. The van der Waals surface area contributed by atoms with Crippen LogP contribution in [-0.4, -0.2) is 19.5 Å². The summed E-state index contributed by atoms with van der Waals surface area (Å²) in [5.41, 5.74) is 3.40. The van der Waals surface area contributed by atoms with Gasteiger partial charge < -0.3 is 4.57 Å². The van der Waals surface area contributed by atoms with E-state index in [1.807, 2.05) is 41.2 Å². The molecule has 0 aliphatic heterocycles. The summed E-state index contributed by atoms with van der Waals surface area (Å²) >= 11 is 6.07. The van der Waals surface area contributed by atoms with Crippen LogP contribution in [0.1, 0.15) is 19.8 Å². The summed E-state index contributed by atoms with van der Waals surface area (Å²) in [6.45, 7) is 3.06. The first-order valence-corrected chi connectivity index (χ1v) is 7.11. The molecule has 0 radical (unpaired) electrons. The zero-order valence-electron chi connectivity index (χ0n) is 11.3. The predicted octanol–water partition coefficient (Wildman–Crippen LogP) is 3.95. The van der Waals surface area contributed by atoms with Crippen molar-refractivity contribution in [2.45, 2.75) is 26.3 Å². The molecule has 0 aliphatic rings. The van der Waals surface area contributed by atoms with Crippen LogP contribution < -0.4 is 0 Å². The third kappa shape index (κ3) is 2.39. The van der Waals surface area contributed by atoms with Gasteiger partial charge in [-0.05, 0) is 18.0 Å². The Morgan fingerprint density at radius 2 is 1.95 bits per heavy atom. The van der Waals surface area contributed by atoms with E-state index < -0.39 is 0 Å². The van der Waals surface area contributed by atoms with Gasteiger partial charge in [-0.2, -0.15) is 4.98 Å². The van der Waals surface area contributed by atoms with Gasteiger partial charge in [-0.1, -0.05) is 43.7 Å². The van der Waals surface area contributed by atoms with Crippen LogP contribution in [0.2, 0.25) is 5.28 Å². The number of imidazole rings is 1. The van der Waals surface area contributed by atoms with Gasteiger partial charge in [-0.3, -0.25) is 0 Å². The summed E-state index contributed by atoms with van der Waals surface area (Å²) in [5, 5.41) is 0.259. The van der Waals surface area contributed by atoms with E-state index in [0.29, 0.717) is 0 Å². The molecule has 2 heterocycles. The number of hydrogen-bond acceptors (Lipinski definition) is 3. The lowest BCUT2D eigenvalue weighted by Crippen LogP contribution is -1.99. The van der Waals surface area contributed by atoms with Gasteiger partial charge in [0.25, 0.3) is 0 Å². The molecule has 0 spiro atoms. The quantitative estimate of drug-likeness (QED) is 0.682. The van der Waals surface area contributed by atoms with Crippen LogP contribution in [0.15, 0.2) is 36.7 Å². The van der Waals surface area contributed by atoms with Crippen molar-refractivity contribution in [1.82, 2.24) is 19.5 Å². The second-order valence-corrected chi connectivity index (χ2v) is 5.01. The number of rotatable bonds is 4. The van der Waals surface area contributed by atoms with E-state index in [9.17, 15) is 0 Å². The zero-order chi connectivity index (χ0) is 13.9. The Morgan fingerprint density at radius 3 is 2.70 bits per heavy atom. The molecule has 3 rings (SSSR count). The van der Waals surface area contributed by atoms with E-state index in [0.717, 1.165) is 41.8 Å². The number of fused-ring (bicyclic) bond motifs is 1. The third-order valence-electron chi connectivity index (χ3n) is 3.24. The molecule has 2 aromatic heterocycles. The van der Waals surface area contributed by atoms with E-state index >= 15 is 0 Å². The van der Waals surface area contributed by atoms with E-state index in [4.69, 9.17) is 11.6 Å². The maximum atomic E-state index is 6.07. The van der Waals surface area contributed by atoms with Gasteiger partial charge in [0, 0.05) is 12.1 Å². The molecular weight excluding hydrogens is 272 g/mol. The van der Waals surface area contributed by atoms with E-state index in [2.05, 4.69) is 21.9 Å². The number of halogens is 1. The van der Waals surface area contributed by atoms with Crippen molar-refractivity contribution in [1.29, 1.82) is 0 Å². The van der Waals surface area contributed by atoms with Crippen LogP contribution >= 0.6 is 11.6 Å². The highest BCUT2D eigenvalue weighted by Crippen LogP contribution is 2.26. The Bertz CT molecular complexity index is 721. The molecule has 20 heavy (non-hydrogen) atoms. The molecule has 0 saturated carbocycles. The van der Waals surface area contributed by atoms with E-state index in [1.54, 1.807) is 0 Å². The van der Waals surface area contributed by atoms with Crippen molar-refractivity contribution in [3.8, 4) is 11.3 Å². The number of aryl methyl sites for hydroxylation is 1. The topological polar surface area (TPSA) is 43.6 Å². The summed E-state index contributed by atoms with van der Waals surface area (Å²) in [6, 6.07) is 9.94. The molecule has 5 heteroatoms. The Balaban J connectivity index is 2.16. The predicted molar refractivity (Wildman–Crippen MR) is 80.7 cm³/mol. The standard InChI is InChI=1S/C15H15ClN4/c1-2-3-9-20-10-17-13-12(11-7-5-4-6-8-11)18-15(16)19-14(13)20/h4-8,10H,2-3,9H2,1H3. The molecule has 102 valence electrons. The molecule has 0 fully saturated rings. The van der Waals surface area contributed by atoms with Gasteiger partial charge in [0.2, 0.25) is 5.28 Å². The minimum Gasteiger partial charge on any atom is -0.315 e. The summed E-state index contributed by atoms with van der Waals surface area (Å²) in [4.78, 5) is 13.1. The van der Waals surface area contributed by atoms with Crippen LogP contribution in [0.25, 0.3) is 22.4 Å². The van der Waals surface area contributed by atoms with Gasteiger partial charge in [0.15, 0.2) is 5.65 Å². The average Bonchev–Trinajstić information content (AvgIpc) is 2.88. The minimum atomic E-state index is 0.259. The molecular formula is C15H15ClN4. The van der Waals surface area contributed by atoms with Gasteiger partial charge >= 0.3 is 0 Å². The Kier molecular flexibility index (Phi) is 3.65. The van der Waals surface area contributed by atoms with Gasteiger partial charge in [-0.15, -0.1) is 0 Å². The Hall–Kier alpha value is -1.94. The first kappa shape index (κ1) is 13.1. The van der Waals surface area contributed by atoms with Crippen molar-refractivity contribution in [2.75, 3.05) is 0 Å². The third-order valence-corrected chi connectivity index (χ3v) is 3.41. The summed E-state index contributed by atoms with van der Waals surface area (Å²) in [5.74, 6) is 0. The van der Waals surface area contributed by atoms with Crippen LogP contribution in [0.3, 0.4) is 0 Å². The summed E-state index contributed by atoms with van der Waals surface area (Å²) in [6.07, 6.45) is 4.04. The lowest BCUT2D eigenvalue weighted by atomic mass is 10.1. The first-order chi connectivity index (χ1) is 9.79. The molecule has 0 bridgehead atoms. The summed E-state index contributed by atoms with van der Waals surface area (Å²) < 4.78 is 2.04. The van der Waals surface area contributed by atoms with Gasteiger partial charge in [0.05, 0.1) is 6.33 Å². The Labute approximate surface area is 122 Å². The average molecular weight is 287 g/mol. The SMILES string of the molecule is CCCCn1cnc2c(-c3ccccc3)nc(Cl)nc21. The highest BCUT2D eigenvalue weighted by Gasteiger charge is 2.13. The molecule has 0 atom stereocenters. The molecule has 0 amide bonds. The molecule has 0 saturated heterocycles. The van der Waals surface area contributed by atoms with E-state index in [-0.39, 0.29) is 5.28 Å². The maximum Gasteiger partial charge on any atom is 0.225 e. The van der Waals surface area contributed by atoms with Crippen LogP contribution in [0.5, 0.6) is 0 Å². The number of benzene rings is 1. The summed E-state index contributed by atoms with van der Waals surface area (Å²) in [7, 11) is 0. The van der Waals surface area contributed by atoms with Gasteiger partial charge in [0.1, 0.15) is 11.2 Å². The minimum absolute atomic E-state index is 0.259. The zero-order valence-corrected chi connectivity index (χ0v) is 12.0. The maximum absolute atomic E-state index is 6.07. The fourth-order valence-corrected chi connectivity index (χ4v) is 2.37.